The van der Waals surface area contributed by atoms with Gasteiger partial charge in [0.2, 0.25) is 0 Å². The number of nitrogens with one attached hydrogen (secondary N) is 1. The lowest BCUT2D eigenvalue weighted by molar-refractivity contribution is 0.259. The first kappa shape index (κ1) is 16.0. The van der Waals surface area contributed by atoms with Gasteiger partial charge in [-0.15, -0.1) is 0 Å². The molecule has 1 aliphatic rings. The molecule has 0 unspecified atom stereocenters. The fourth-order valence-corrected chi connectivity index (χ4v) is 3.30. The molecule has 6 heteroatoms. The first-order chi connectivity index (χ1) is 11.2. The average Bonchev–Trinajstić information content (AvgIpc) is 3.16. The van der Waals surface area contributed by atoms with E-state index in [1.165, 1.54) is 0 Å². The Bertz CT molecular complexity index is 629. The molecule has 2 atom stereocenters. The fourth-order valence-electron chi connectivity index (χ4n) is 2.97. The third-order valence-electron chi connectivity index (χ3n) is 4.04. The molecule has 2 aromatic heterocycles. The second-order valence-electron chi connectivity index (χ2n) is 5.99. The van der Waals surface area contributed by atoms with Gasteiger partial charge in [-0.2, -0.15) is 0 Å². The lowest BCUT2D eigenvalue weighted by Crippen LogP contribution is -2.32. The maximum absolute atomic E-state index is 5.70. The minimum Gasteiger partial charge on any atom is -0.467 e. The highest BCUT2D eigenvalue weighted by Gasteiger charge is 2.40. The Kier molecular flexibility index (Phi) is 4.93. The second kappa shape index (κ2) is 7.10. The largest absolute Gasteiger partial charge is 0.467 e. The Labute approximate surface area is 142 Å². The van der Waals surface area contributed by atoms with Crippen molar-refractivity contribution >= 4 is 17.3 Å². The molecular weight excluding hydrogens is 308 g/mol. The lowest BCUT2D eigenvalue weighted by atomic mass is 10.0. The zero-order valence-corrected chi connectivity index (χ0v) is 14.3. The van der Waals surface area contributed by atoms with Gasteiger partial charge in [0.15, 0.2) is 5.11 Å². The van der Waals surface area contributed by atoms with Gasteiger partial charge in [-0.1, -0.05) is 6.07 Å². The lowest BCUT2D eigenvalue weighted by Gasteiger charge is -2.26. The van der Waals surface area contributed by atoms with Crippen LogP contribution in [0.2, 0.25) is 0 Å². The normalized spacial score (nSPS) is 21.0. The predicted octanol–water partition coefficient (Wildman–Crippen LogP) is 2.60. The summed E-state index contributed by atoms with van der Waals surface area (Å²) < 4.78 is 5.70. The number of furan rings is 1. The number of hydrogen-bond acceptors (Lipinski definition) is 4. The Morgan fingerprint density at radius 1 is 1.30 bits per heavy atom. The van der Waals surface area contributed by atoms with Crippen LogP contribution in [0.25, 0.3) is 0 Å². The molecule has 122 valence electrons. The van der Waals surface area contributed by atoms with E-state index in [1.807, 2.05) is 36.5 Å². The smallest absolute Gasteiger partial charge is 0.170 e. The van der Waals surface area contributed by atoms with Crippen LogP contribution >= 0.6 is 12.2 Å². The van der Waals surface area contributed by atoms with Crippen molar-refractivity contribution in [2.45, 2.75) is 18.5 Å². The van der Waals surface area contributed by atoms with Crippen LogP contribution in [-0.2, 0) is 0 Å². The monoisotopic (exact) mass is 330 g/mol. The van der Waals surface area contributed by atoms with Crippen LogP contribution < -0.4 is 5.32 Å². The van der Waals surface area contributed by atoms with Gasteiger partial charge in [-0.05, 0) is 63.5 Å². The summed E-state index contributed by atoms with van der Waals surface area (Å²) in [5.74, 6) is 0.915. The molecule has 23 heavy (non-hydrogen) atoms. The molecule has 2 aromatic rings. The first-order valence-electron chi connectivity index (χ1n) is 7.83. The van der Waals surface area contributed by atoms with Crippen molar-refractivity contribution in [3.63, 3.8) is 0 Å². The number of aromatic nitrogens is 1. The van der Waals surface area contributed by atoms with E-state index >= 15 is 0 Å². The van der Waals surface area contributed by atoms with Crippen LogP contribution in [0.1, 0.15) is 30.0 Å². The number of pyridine rings is 1. The molecule has 0 spiro atoms. The predicted molar refractivity (Wildman–Crippen MR) is 94.0 cm³/mol. The highest BCUT2D eigenvalue weighted by molar-refractivity contribution is 7.80. The molecule has 3 rings (SSSR count). The van der Waals surface area contributed by atoms with Gasteiger partial charge in [-0.3, -0.25) is 4.98 Å². The van der Waals surface area contributed by atoms with Gasteiger partial charge in [-0.25, -0.2) is 0 Å². The van der Waals surface area contributed by atoms with Gasteiger partial charge < -0.3 is 19.5 Å². The van der Waals surface area contributed by atoms with Crippen molar-refractivity contribution < 1.29 is 4.42 Å². The van der Waals surface area contributed by atoms with E-state index in [0.717, 1.165) is 36.1 Å². The SMILES string of the molecule is CN(C)CCCN1C(=S)N[C@H](c2ccccn2)[C@H]1c1ccco1. The summed E-state index contributed by atoms with van der Waals surface area (Å²) in [7, 11) is 4.17. The van der Waals surface area contributed by atoms with Crippen molar-refractivity contribution in [3.05, 3.63) is 54.2 Å². The molecule has 0 aromatic carbocycles. The third-order valence-corrected chi connectivity index (χ3v) is 4.39. The minimum absolute atomic E-state index is 0.00852. The van der Waals surface area contributed by atoms with Gasteiger partial charge in [0.25, 0.3) is 0 Å². The zero-order valence-electron chi connectivity index (χ0n) is 13.5. The Balaban J connectivity index is 1.85. The van der Waals surface area contributed by atoms with Gasteiger partial charge in [0, 0.05) is 12.7 Å². The molecule has 0 bridgehead atoms. The van der Waals surface area contributed by atoms with Crippen LogP contribution in [0.5, 0.6) is 0 Å². The summed E-state index contributed by atoms with van der Waals surface area (Å²) in [6.07, 6.45) is 4.57. The van der Waals surface area contributed by atoms with Gasteiger partial charge in [0.1, 0.15) is 11.8 Å². The quantitative estimate of drug-likeness (QED) is 0.822. The van der Waals surface area contributed by atoms with E-state index in [1.54, 1.807) is 6.26 Å². The van der Waals surface area contributed by atoms with Gasteiger partial charge >= 0.3 is 0 Å². The summed E-state index contributed by atoms with van der Waals surface area (Å²) >= 11 is 5.58. The highest BCUT2D eigenvalue weighted by Crippen LogP contribution is 2.38. The first-order valence-corrected chi connectivity index (χ1v) is 8.24. The van der Waals surface area contributed by atoms with Crippen LogP contribution in [0.15, 0.2) is 47.2 Å². The molecule has 0 radical (unpaired) electrons. The number of nitrogens with zero attached hydrogens (tertiary/aromatic N) is 3. The molecule has 1 aliphatic heterocycles. The minimum atomic E-state index is 0.00852. The maximum Gasteiger partial charge on any atom is 0.170 e. The third kappa shape index (κ3) is 3.54. The molecule has 1 fully saturated rings. The second-order valence-corrected chi connectivity index (χ2v) is 6.38. The maximum atomic E-state index is 5.70. The Morgan fingerprint density at radius 3 is 2.83 bits per heavy atom. The summed E-state index contributed by atoms with van der Waals surface area (Å²) in [5.41, 5.74) is 0.978. The molecular formula is C17H22N4OS. The van der Waals surface area contributed by atoms with Crippen molar-refractivity contribution in [1.82, 2.24) is 20.1 Å². The average molecular weight is 330 g/mol. The van der Waals surface area contributed by atoms with E-state index < -0.39 is 0 Å². The summed E-state index contributed by atoms with van der Waals surface area (Å²) in [6.45, 7) is 1.91. The molecule has 0 amide bonds. The molecule has 3 heterocycles. The van der Waals surface area contributed by atoms with Crippen molar-refractivity contribution in [1.29, 1.82) is 0 Å². The number of hydrogen-bond donors (Lipinski definition) is 1. The van der Waals surface area contributed by atoms with E-state index in [2.05, 4.69) is 34.2 Å². The van der Waals surface area contributed by atoms with Crippen molar-refractivity contribution in [2.75, 3.05) is 27.2 Å². The van der Waals surface area contributed by atoms with Crippen LogP contribution in [0, 0.1) is 0 Å². The molecule has 1 N–H and O–H groups in total. The molecule has 0 aliphatic carbocycles. The molecule has 1 saturated heterocycles. The summed E-state index contributed by atoms with van der Waals surface area (Å²) in [5, 5.41) is 4.18. The molecule has 0 saturated carbocycles. The number of rotatable bonds is 6. The van der Waals surface area contributed by atoms with Gasteiger partial charge in [0.05, 0.1) is 18.0 Å². The summed E-state index contributed by atoms with van der Waals surface area (Å²) in [6, 6.07) is 9.93. The van der Waals surface area contributed by atoms with E-state index in [-0.39, 0.29) is 12.1 Å². The Morgan fingerprint density at radius 2 is 2.17 bits per heavy atom. The standard InChI is InChI=1S/C17H22N4OS/c1-20(2)10-6-11-21-16(14-8-5-12-22-14)15(19-17(21)23)13-7-3-4-9-18-13/h3-5,7-9,12,15-16H,6,10-11H2,1-2H3,(H,19,23)/t15-,16-/m1/s1. The summed E-state index contributed by atoms with van der Waals surface area (Å²) in [4.78, 5) is 8.90. The zero-order chi connectivity index (χ0) is 16.2. The Hall–Kier alpha value is -1.92. The van der Waals surface area contributed by atoms with Crippen molar-refractivity contribution in [2.24, 2.45) is 0 Å². The topological polar surface area (TPSA) is 44.5 Å². The van der Waals surface area contributed by atoms with Crippen molar-refractivity contribution in [3.8, 4) is 0 Å². The molecule has 5 nitrogen and oxygen atoms in total. The van der Waals surface area contributed by atoms with E-state index in [0.29, 0.717) is 0 Å². The van der Waals surface area contributed by atoms with Crippen LogP contribution in [0.4, 0.5) is 0 Å². The van der Waals surface area contributed by atoms with Crippen LogP contribution in [0.3, 0.4) is 0 Å². The number of thiocarbonyl (C=S) groups is 1. The fraction of sp³-hybridized carbons (Fsp3) is 0.412. The van der Waals surface area contributed by atoms with E-state index in [4.69, 9.17) is 16.6 Å². The van der Waals surface area contributed by atoms with Crippen LogP contribution in [-0.4, -0.2) is 47.1 Å². The van der Waals surface area contributed by atoms with E-state index in [9.17, 15) is 0 Å². The highest BCUT2D eigenvalue weighted by atomic mass is 32.1.